The van der Waals surface area contributed by atoms with Crippen molar-refractivity contribution in [2.45, 2.75) is 38.4 Å². The summed E-state index contributed by atoms with van der Waals surface area (Å²) in [5.74, 6) is -0.00287. The smallest absolute Gasteiger partial charge is 0.251 e. The molecule has 1 aliphatic carbocycles. The van der Waals surface area contributed by atoms with E-state index in [-0.39, 0.29) is 11.8 Å². The predicted octanol–water partition coefficient (Wildman–Crippen LogP) is 0.489. The summed E-state index contributed by atoms with van der Waals surface area (Å²) in [6, 6.07) is 8.18. The molecule has 3 rings (SSSR count). The molecule has 1 aromatic rings. The average molecular weight is 330 g/mol. The van der Waals surface area contributed by atoms with Gasteiger partial charge in [0.15, 0.2) is 0 Å². The van der Waals surface area contributed by atoms with Gasteiger partial charge in [0.25, 0.3) is 5.91 Å². The molecule has 24 heavy (non-hydrogen) atoms. The first kappa shape index (κ1) is 16.9. The Hall–Kier alpha value is -1.92. The summed E-state index contributed by atoms with van der Waals surface area (Å²) in [5, 5.41) is 9.25. The average Bonchev–Trinajstić information content (AvgIpc) is 3.39. The predicted molar refractivity (Wildman–Crippen MR) is 92.7 cm³/mol. The fourth-order valence-electron chi connectivity index (χ4n) is 2.88. The first-order valence-electron chi connectivity index (χ1n) is 8.73. The van der Waals surface area contributed by atoms with Crippen LogP contribution < -0.4 is 16.0 Å². The fourth-order valence-corrected chi connectivity index (χ4v) is 2.88. The fraction of sp³-hybridized carbons (Fsp3) is 0.556. The summed E-state index contributed by atoms with van der Waals surface area (Å²) in [7, 11) is 0. The second kappa shape index (κ2) is 7.77. The molecule has 2 aliphatic rings. The van der Waals surface area contributed by atoms with E-state index >= 15 is 0 Å². The van der Waals surface area contributed by atoms with Crippen molar-refractivity contribution in [3.63, 3.8) is 0 Å². The minimum absolute atomic E-state index is 0.0246. The van der Waals surface area contributed by atoms with Crippen LogP contribution in [0, 0.1) is 0 Å². The van der Waals surface area contributed by atoms with Crippen LogP contribution in [0.2, 0.25) is 0 Å². The van der Waals surface area contributed by atoms with E-state index in [1.807, 2.05) is 24.3 Å². The van der Waals surface area contributed by atoms with Crippen LogP contribution in [0.5, 0.6) is 0 Å². The van der Waals surface area contributed by atoms with E-state index in [9.17, 15) is 9.59 Å². The zero-order chi connectivity index (χ0) is 16.9. The van der Waals surface area contributed by atoms with Gasteiger partial charge in [-0.15, -0.1) is 0 Å². The van der Waals surface area contributed by atoms with Gasteiger partial charge in [-0.05, 0) is 37.5 Å². The quantitative estimate of drug-likeness (QED) is 0.710. The minimum Gasteiger partial charge on any atom is -0.351 e. The Balaban J connectivity index is 1.48. The molecule has 1 saturated carbocycles. The van der Waals surface area contributed by atoms with E-state index < -0.39 is 0 Å². The van der Waals surface area contributed by atoms with Gasteiger partial charge >= 0.3 is 0 Å². The standard InChI is InChI=1S/C18H26N4O2/c1-13-10-19-7-8-22(13)12-17(23)20-11-14-3-2-4-15(9-14)18(24)21-16-5-6-16/h2-4,9,13,16,19H,5-8,10-12H2,1H3,(H,20,23)(H,21,24)/t13-/m0/s1. The largest absolute Gasteiger partial charge is 0.351 e. The lowest BCUT2D eigenvalue weighted by Crippen LogP contribution is -2.52. The second-order valence-electron chi connectivity index (χ2n) is 6.75. The molecule has 0 aromatic heterocycles. The molecule has 0 radical (unpaired) electrons. The molecule has 130 valence electrons. The van der Waals surface area contributed by atoms with Gasteiger partial charge in [0, 0.05) is 43.8 Å². The molecule has 0 unspecified atom stereocenters. The van der Waals surface area contributed by atoms with Gasteiger partial charge in [-0.25, -0.2) is 0 Å². The van der Waals surface area contributed by atoms with Crippen molar-refractivity contribution in [3.05, 3.63) is 35.4 Å². The Kier molecular flexibility index (Phi) is 5.48. The Labute approximate surface area is 143 Å². The number of carbonyl (C=O) groups is 2. The highest BCUT2D eigenvalue weighted by Crippen LogP contribution is 2.19. The summed E-state index contributed by atoms with van der Waals surface area (Å²) in [6.45, 7) is 5.74. The third-order valence-corrected chi connectivity index (χ3v) is 4.58. The Morgan fingerprint density at radius 1 is 1.33 bits per heavy atom. The van der Waals surface area contributed by atoms with Gasteiger partial charge < -0.3 is 16.0 Å². The molecular formula is C18H26N4O2. The SMILES string of the molecule is C[C@H]1CNCCN1CC(=O)NCc1cccc(C(=O)NC2CC2)c1. The third kappa shape index (κ3) is 4.79. The minimum atomic E-state index is -0.0275. The van der Waals surface area contributed by atoms with Gasteiger partial charge in [-0.1, -0.05) is 12.1 Å². The Morgan fingerprint density at radius 2 is 2.17 bits per heavy atom. The van der Waals surface area contributed by atoms with Crippen LogP contribution in [-0.4, -0.2) is 55.0 Å². The summed E-state index contributed by atoms with van der Waals surface area (Å²) in [4.78, 5) is 26.4. The lowest BCUT2D eigenvalue weighted by molar-refractivity contribution is -0.123. The van der Waals surface area contributed by atoms with Crippen LogP contribution in [0.15, 0.2) is 24.3 Å². The van der Waals surface area contributed by atoms with Gasteiger partial charge in [-0.2, -0.15) is 0 Å². The molecule has 2 amide bonds. The number of piperazine rings is 1. The molecule has 0 spiro atoms. The van der Waals surface area contributed by atoms with Crippen molar-refractivity contribution in [1.29, 1.82) is 0 Å². The van der Waals surface area contributed by atoms with Crippen LogP contribution in [0.1, 0.15) is 35.7 Å². The van der Waals surface area contributed by atoms with Crippen molar-refractivity contribution < 1.29 is 9.59 Å². The molecule has 1 aromatic carbocycles. The van der Waals surface area contributed by atoms with E-state index in [0.29, 0.717) is 30.7 Å². The molecule has 2 fully saturated rings. The normalized spacial score (nSPS) is 21.3. The zero-order valence-corrected chi connectivity index (χ0v) is 14.2. The van der Waals surface area contributed by atoms with E-state index in [4.69, 9.17) is 0 Å². The first-order valence-corrected chi connectivity index (χ1v) is 8.73. The number of hydrogen-bond acceptors (Lipinski definition) is 4. The molecule has 1 aliphatic heterocycles. The molecule has 3 N–H and O–H groups in total. The van der Waals surface area contributed by atoms with Gasteiger partial charge in [0.1, 0.15) is 0 Å². The number of nitrogens with one attached hydrogen (secondary N) is 3. The van der Waals surface area contributed by atoms with Crippen LogP contribution in [-0.2, 0) is 11.3 Å². The van der Waals surface area contributed by atoms with E-state index in [1.54, 1.807) is 0 Å². The summed E-state index contributed by atoms with van der Waals surface area (Å²) >= 11 is 0. The van der Waals surface area contributed by atoms with E-state index in [1.165, 1.54) is 0 Å². The molecule has 1 heterocycles. The van der Waals surface area contributed by atoms with Crippen molar-refractivity contribution in [2.24, 2.45) is 0 Å². The van der Waals surface area contributed by atoms with E-state index in [2.05, 4.69) is 27.8 Å². The van der Waals surface area contributed by atoms with Crippen LogP contribution in [0.3, 0.4) is 0 Å². The van der Waals surface area contributed by atoms with Crippen LogP contribution in [0.25, 0.3) is 0 Å². The Morgan fingerprint density at radius 3 is 2.92 bits per heavy atom. The van der Waals surface area contributed by atoms with Gasteiger partial charge in [0.2, 0.25) is 5.91 Å². The highest BCUT2D eigenvalue weighted by atomic mass is 16.2. The second-order valence-corrected chi connectivity index (χ2v) is 6.75. The van der Waals surface area contributed by atoms with Gasteiger partial charge in [-0.3, -0.25) is 14.5 Å². The maximum Gasteiger partial charge on any atom is 0.251 e. The molecule has 1 saturated heterocycles. The number of amides is 2. The molecule has 6 nitrogen and oxygen atoms in total. The van der Waals surface area contributed by atoms with Crippen LogP contribution >= 0.6 is 0 Å². The highest BCUT2D eigenvalue weighted by molar-refractivity contribution is 5.94. The monoisotopic (exact) mass is 330 g/mol. The zero-order valence-electron chi connectivity index (χ0n) is 14.2. The maximum atomic E-state index is 12.2. The lowest BCUT2D eigenvalue weighted by Gasteiger charge is -2.33. The van der Waals surface area contributed by atoms with Crippen molar-refractivity contribution in [2.75, 3.05) is 26.2 Å². The number of rotatable bonds is 6. The van der Waals surface area contributed by atoms with Crippen molar-refractivity contribution in [3.8, 4) is 0 Å². The van der Waals surface area contributed by atoms with E-state index in [0.717, 1.165) is 38.0 Å². The topological polar surface area (TPSA) is 73.5 Å². The number of carbonyl (C=O) groups excluding carboxylic acids is 2. The molecule has 6 heteroatoms. The highest BCUT2D eigenvalue weighted by Gasteiger charge is 2.24. The van der Waals surface area contributed by atoms with Crippen LogP contribution in [0.4, 0.5) is 0 Å². The summed E-state index contributed by atoms with van der Waals surface area (Å²) < 4.78 is 0. The number of benzene rings is 1. The number of nitrogens with zero attached hydrogens (tertiary/aromatic N) is 1. The van der Waals surface area contributed by atoms with Crippen molar-refractivity contribution >= 4 is 11.8 Å². The molecule has 0 bridgehead atoms. The Bertz CT molecular complexity index is 600. The summed E-state index contributed by atoms with van der Waals surface area (Å²) in [6.07, 6.45) is 2.15. The molecule has 1 atom stereocenters. The third-order valence-electron chi connectivity index (χ3n) is 4.58. The number of hydrogen-bond donors (Lipinski definition) is 3. The molecular weight excluding hydrogens is 304 g/mol. The first-order chi connectivity index (χ1) is 11.6. The summed E-state index contributed by atoms with van der Waals surface area (Å²) in [5.41, 5.74) is 1.60. The lowest BCUT2D eigenvalue weighted by atomic mass is 10.1. The maximum absolute atomic E-state index is 12.2. The van der Waals surface area contributed by atoms with Gasteiger partial charge in [0.05, 0.1) is 6.54 Å². The van der Waals surface area contributed by atoms with Crippen molar-refractivity contribution in [1.82, 2.24) is 20.9 Å².